The van der Waals surface area contributed by atoms with Gasteiger partial charge in [-0.3, -0.25) is 0 Å². The summed E-state index contributed by atoms with van der Waals surface area (Å²) in [5, 5.41) is 7.00. The van der Waals surface area contributed by atoms with Crippen molar-refractivity contribution in [3.05, 3.63) is 36.5 Å². The van der Waals surface area contributed by atoms with E-state index in [1.165, 1.54) is 6.20 Å². The molecule has 0 bridgehead atoms. The van der Waals surface area contributed by atoms with E-state index in [9.17, 15) is 8.42 Å². The molecule has 3 rings (SSSR count). The van der Waals surface area contributed by atoms with Crippen LogP contribution in [0.2, 0.25) is 0 Å². The average molecular weight is 321 g/mol. The third-order valence-corrected chi connectivity index (χ3v) is 5.35. The van der Waals surface area contributed by atoms with Crippen LogP contribution >= 0.6 is 0 Å². The summed E-state index contributed by atoms with van der Waals surface area (Å²) in [7, 11) is -3.57. The molecular formula is C15H19N3O3S. The molecule has 6 nitrogen and oxygen atoms in total. The first-order valence-electron chi connectivity index (χ1n) is 7.40. The molecule has 2 heterocycles. The summed E-state index contributed by atoms with van der Waals surface area (Å²) in [6.07, 6.45) is 4.56. The standard InChI is InChI=1S/C15H19N3O3S/c19-22(20,18-11-7-12-4-3-9-16-12)15-6-2-1-5-13(15)14-8-10-17-21-14/h1-2,5-6,8,10,12,16,18H,3-4,7,9,11H2/t12-/m1/s1. The Balaban J connectivity index is 1.74. The van der Waals surface area contributed by atoms with Crippen LogP contribution in [0.1, 0.15) is 19.3 Å². The number of nitrogens with one attached hydrogen (secondary N) is 2. The quantitative estimate of drug-likeness (QED) is 0.847. The smallest absolute Gasteiger partial charge is 0.241 e. The molecule has 0 radical (unpaired) electrons. The molecule has 1 fully saturated rings. The van der Waals surface area contributed by atoms with Crippen LogP contribution in [0.4, 0.5) is 0 Å². The van der Waals surface area contributed by atoms with Gasteiger partial charge in [0.1, 0.15) is 0 Å². The zero-order valence-corrected chi connectivity index (χ0v) is 13.0. The van der Waals surface area contributed by atoms with Gasteiger partial charge in [-0.15, -0.1) is 0 Å². The molecule has 1 saturated heterocycles. The highest BCUT2D eigenvalue weighted by Gasteiger charge is 2.21. The number of hydrogen-bond donors (Lipinski definition) is 2. The Labute approximate surface area is 129 Å². The second-order valence-corrected chi connectivity index (χ2v) is 7.09. The highest BCUT2D eigenvalue weighted by molar-refractivity contribution is 7.89. The number of sulfonamides is 1. The Bertz CT molecular complexity index is 707. The predicted molar refractivity (Wildman–Crippen MR) is 82.8 cm³/mol. The van der Waals surface area contributed by atoms with Crippen molar-refractivity contribution >= 4 is 10.0 Å². The van der Waals surface area contributed by atoms with Crippen molar-refractivity contribution in [1.82, 2.24) is 15.2 Å². The number of benzene rings is 1. The minimum Gasteiger partial charge on any atom is -0.356 e. The summed E-state index contributed by atoms with van der Waals surface area (Å²) in [6, 6.07) is 8.83. The average Bonchev–Trinajstić information content (AvgIpc) is 3.20. The molecule has 22 heavy (non-hydrogen) atoms. The summed E-state index contributed by atoms with van der Waals surface area (Å²) in [6.45, 7) is 1.44. The van der Waals surface area contributed by atoms with E-state index in [1.54, 1.807) is 30.3 Å². The van der Waals surface area contributed by atoms with E-state index in [4.69, 9.17) is 4.52 Å². The Morgan fingerprint density at radius 2 is 2.18 bits per heavy atom. The number of aromatic nitrogens is 1. The molecule has 0 unspecified atom stereocenters. The van der Waals surface area contributed by atoms with Crippen LogP contribution < -0.4 is 10.0 Å². The van der Waals surface area contributed by atoms with Gasteiger partial charge < -0.3 is 9.84 Å². The SMILES string of the molecule is O=S(=O)(NCC[C@H]1CCCN1)c1ccccc1-c1ccno1. The number of rotatable bonds is 6. The van der Waals surface area contributed by atoms with Crippen LogP contribution in [0.3, 0.4) is 0 Å². The van der Waals surface area contributed by atoms with Crippen LogP contribution in [-0.2, 0) is 10.0 Å². The first kappa shape index (κ1) is 15.2. The van der Waals surface area contributed by atoms with Gasteiger partial charge in [-0.05, 0) is 37.9 Å². The van der Waals surface area contributed by atoms with Gasteiger partial charge in [-0.1, -0.05) is 17.3 Å². The fraction of sp³-hybridized carbons (Fsp3) is 0.400. The Morgan fingerprint density at radius 1 is 1.32 bits per heavy atom. The van der Waals surface area contributed by atoms with Gasteiger partial charge in [0.05, 0.1) is 11.1 Å². The molecule has 0 saturated carbocycles. The molecule has 1 aliphatic heterocycles. The Hall–Kier alpha value is -1.70. The maximum Gasteiger partial charge on any atom is 0.241 e. The van der Waals surface area contributed by atoms with E-state index in [0.29, 0.717) is 23.9 Å². The third-order valence-electron chi connectivity index (χ3n) is 3.83. The predicted octanol–water partition coefficient (Wildman–Crippen LogP) is 1.76. The van der Waals surface area contributed by atoms with Gasteiger partial charge in [0.2, 0.25) is 10.0 Å². The Morgan fingerprint density at radius 3 is 2.91 bits per heavy atom. The molecular weight excluding hydrogens is 302 g/mol. The van der Waals surface area contributed by atoms with Gasteiger partial charge in [0.25, 0.3) is 0 Å². The molecule has 0 amide bonds. The fourth-order valence-corrected chi connectivity index (χ4v) is 3.97. The van der Waals surface area contributed by atoms with Crippen molar-refractivity contribution in [3.63, 3.8) is 0 Å². The van der Waals surface area contributed by atoms with Crippen molar-refractivity contribution in [1.29, 1.82) is 0 Å². The largest absolute Gasteiger partial charge is 0.356 e. The van der Waals surface area contributed by atoms with Gasteiger partial charge in [0.15, 0.2) is 5.76 Å². The summed E-state index contributed by atoms with van der Waals surface area (Å²) in [5.41, 5.74) is 0.520. The normalized spacial score (nSPS) is 18.6. The molecule has 1 aromatic heterocycles. The monoisotopic (exact) mass is 321 g/mol. The highest BCUT2D eigenvalue weighted by Crippen LogP contribution is 2.26. The first-order chi connectivity index (χ1) is 10.7. The Kier molecular flexibility index (Phi) is 4.56. The minimum atomic E-state index is -3.57. The molecule has 1 aliphatic rings. The van der Waals surface area contributed by atoms with E-state index >= 15 is 0 Å². The van der Waals surface area contributed by atoms with E-state index in [-0.39, 0.29) is 4.90 Å². The first-order valence-corrected chi connectivity index (χ1v) is 8.88. The zero-order chi connectivity index (χ0) is 15.4. The summed E-state index contributed by atoms with van der Waals surface area (Å²) in [5.74, 6) is 0.443. The molecule has 7 heteroatoms. The van der Waals surface area contributed by atoms with E-state index in [0.717, 1.165) is 25.8 Å². The molecule has 2 aromatic rings. The van der Waals surface area contributed by atoms with E-state index in [2.05, 4.69) is 15.2 Å². The van der Waals surface area contributed by atoms with Gasteiger partial charge in [0, 0.05) is 24.2 Å². The molecule has 0 spiro atoms. The summed E-state index contributed by atoms with van der Waals surface area (Å²) >= 11 is 0. The lowest BCUT2D eigenvalue weighted by molar-refractivity contribution is 0.431. The third kappa shape index (κ3) is 3.37. The van der Waals surface area contributed by atoms with Crippen LogP contribution in [0.5, 0.6) is 0 Å². The van der Waals surface area contributed by atoms with Crippen molar-refractivity contribution in [3.8, 4) is 11.3 Å². The summed E-state index contributed by atoms with van der Waals surface area (Å²) < 4.78 is 32.8. The lowest BCUT2D eigenvalue weighted by Gasteiger charge is -2.12. The molecule has 0 aliphatic carbocycles. The fourth-order valence-electron chi connectivity index (χ4n) is 2.71. The lowest BCUT2D eigenvalue weighted by atomic mass is 10.2. The van der Waals surface area contributed by atoms with E-state index < -0.39 is 10.0 Å². The second kappa shape index (κ2) is 6.60. The van der Waals surface area contributed by atoms with Crippen LogP contribution in [0, 0.1) is 0 Å². The van der Waals surface area contributed by atoms with Crippen molar-refractivity contribution < 1.29 is 12.9 Å². The lowest BCUT2D eigenvalue weighted by Crippen LogP contribution is -2.30. The molecule has 118 valence electrons. The topological polar surface area (TPSA) is 84.2 Å². The second-order valence-electron chi connectivity index (χ2n) is 5.35. The van der Waals surface area contributed by atoms with Crippen LogP contribution in [0.15, 0.2) is 45.9 Å². The number of nitrogens with zero attached hydrogens (tertiary/aromatic N) is 1. The molecule has 1 atom stereocenters. The maximum atomic E-state index is 12.5. The maximum absolute atomic E-state index is 12.5. The van der Waals surface area contributed by atoms with Crippen molar-refractivity contribution in [2.24, 2.45) is 0 Å². The zero-order valence-electron chi connectivity index (χ0n) is 12.2. The van der Waals surface area contributed by atoms with Crippen molar-refractivity contribution in [2.45, 2.75) is 30.2 Å². The summed E-state index contributed by atoms with van der Waals surface area (Å²) in [4.78, 5) is 0.214. The minimum absolute atomic E-state index is 0.214. The number of hydrogen-bond acceptors (Lipinski definition) is 5. The van der Waals surface area contributed by atoms with Crippen molar-refractivity contribution in [2.75, 3.05) is 13.1 Å². The molecule has 1 aromatic carbocycles. The van der Waals surface area contributed by atoms with Crippen LogP contribution in [-0.4, -0.2) is 32.7 Å². The van der Waals surface area contributed by atoms with Gasteiger partial charge in [-0.25, -0.2) is 13.1 Å². The molecule has 2 N–H and O–H groups in total. The van der Waals surface area contributed by atoms with Gasteiger partial charge in [-0.2, -0.15) is 0 Å². The highest BCUT2D eigenvalue weighted by atomic mass is 32.2. The van der Waals surface area contributed by atoms with E-state index in [1.807, 2.05) is 0 Å². The van der Waals surface area contributed by atoms with Crippen LogP contribution in [0.25, 0.3) is 11.3 Å². The van der Waals surface area contributed by atoms with Gasteiger partial charge >= 0.3 is 0 Å².